The van der Waals surface area contributed by atoms with E-state index in [9.17, 15) is 5.11 Å². The third-order valence-corrected chi connectivity index (χ3v) is 3.90. The average Bonchev–Trinajstić information content (AvgIpc) is 2.67. The van der Waals surface area contributed by atoms with Gasteiger partial charge in [-0.15, -0.1) is 0 Å². The molecule has 0 atom stereocenters. The van der Waals surface area contributed by atoms with Crippen molar-refractivity contribution in [2.24, 2.45) is 10.2 Å². The normalized spacial score (nSPS) is 15.2. The molecule has 0 spiro atoms. The van der Waals surface area contributed by atoms with Gasteiger partial charge in [-0.1, -0.05) is 12.1 Å². The molecule has 0 aliphatic carbocycles. The predicted molar refractivity (Wildman–Crippen MR) is 104 cm³/mol. The Kier molecular flexibility index (Phi) is 6.48. The Bertz CT molecular complexity index is 816. The van der Waals surface area contributed by atoms with Crippen molar-refractivity contribution in [3.05, 3.63) is 35.7 Å². The number of anilines is 1. The van der Waals surface area contributed by atoms with Gasteiger partial charge in [-0.05, 0) is 38.5 Å². The summed E-state index contributed by atoms with van der Waals surface area (Å²) in [5.41, 5.74) is 0.908. The third-order valence-electron chi connectivity index (χ3n) is 3.90. The zero-order valence-corrected chi connectivity index (χ0v) is 16.5. The van der Waals surface area contributed by atoms with Crippen LogP contribution in [0.25, 0.3) is 0 Å². The Labute approximate surface area is 164 Å². The number of benzene rings is 1. The van der Waals surface area contributed by atoms with Gasteiger partial charge >= 0.3 is 6.01 Å². The lowest BCUT2D eigenvalue weighted by Crippen LogP contribution is -2.37. The number of morpholine rings is 1. The minimum atomic E-state index is -0.989. The van der Waals surface area contributed by atoms with Crippen LogP contribution in [0.2, 0.25) is 0 Å². The van der Waals surface area contributed by atoms with Crippen LogP contribution in [0.1, 0.15) is 25.2 Å². The molecule has 0 saturated carbocycles. The lowest BCUT2D eigenvalue weighted by molar-refractivity contribution is 0.0248. The lowest BCUT2D eigenvalue weighted by Gasteiger charge is -2.27. The summed E-state index contributed by atoms with van der Waals surface area (Å²) in [6, 6.07) is 7.95. The SMILES string of the molecule is Cc1cccc(N=NCc2nc(OCC(C)(C)O)nc(N3CCOCC3)n2)c1. The highest BCUT2D eigenvalue weighted by Crippen LogP contribution is 2.17. The quantitative estimate of drug-likeness (QED) is 0.729. The highest BCUT2D eigenvalue weighted by molar-refractivity contribution is 5.38. The molecule has 0 bridgehead atoms. The van der Waals surface area contributed by atoms with Gasteiger partial charge in [0.25, 0.3) is 0 Å². The summed E-state index contributed by atoms with van der Waals surface area (Å²) >= 11 is 0. The van der Waals surface area contributed by atoms with E-state index >= 15 is 0 Å². The van der Waals surface area contributed by atoms with Crippen LogP contribution >= 0.6 is 0 Å². The van der Waals surface area contributed by atoms with Gasteiger partial charge in [0, 0.05) is 13.1 Å². The Balaban J connectivity index is 1.77. The van der Waals surface area contributed by atoms with Crippen LogP contribution < -0.4 is 9.64 Å². The van der Waals surface area contributed by atoms with Crippen molar-refractivity contribution in [3.8, 4) is 6.01 Å². The predicted octanol–water partition coefficient (Wildman–Crippen LogP) is 2.45. The van der Waals surface area contributed by atoms with E-state index in [-0.39, 0.29) is 19.2 Å². The minimum Gasteiger partial charge on any atom is -0.460 e. The maximum absolute atomic E-state index is 9.90. The summed E-state index contributed by atoms with van der Waals surface area (Å²) in [7, 11) is 0. The first-order chi connectivity index (χ1) is 13.4. The molecule has 1 saturated heterocycles. The fourth-order valence-electron chi connectivity index (χ4n) is 2.54. The molecule has 150 valence electrons. The second kappa shape index (κ2) is 9.03. The number of rotatable bonds is 7. The number of hydrogen-bond donors (Lipinski definition) is 1. The summed E-state index contributed by atoms with van der Waals surface area (Å²) in [5, 5.41) is 18.3. The van der Waals surface area contributed by atoms with E-state index < -0.39 is 5.60 Å². The summed E-state index contributed by atoms with van der Waals surface area (Å²) in [6.07, 6.45) is 0. The standard InChI is InChI=1S/C19H26N6O3/c1-14-5-4-6-15(11-14)24-20-12-16-21-17(25-7-9-27-10-8-25)23-18(22-16)28-13-19(2,3)26/h4-6,11,26H,7-10,12-13H2,1-3H3. The summed E-state index contributed by atoms with van der Waals surface area (Å²) in [4.78, 5) is 15.2. The number of ether oxygens (including phenoxy) is 2. The fraction of sp³-hybridized carbons (Fsp3) is 0.526. The van der Waals surface area contributed by atoms with Crippen molar-refractivity contribution < 1.29 is 14.6 Å². The monoisotopic (exact) mass is 386 g/mol. The zero-order valence-electron chi connectivity index (χ0n) is 16.5. The fourth-order valence-corrected chi connectivity index (χ4v) is 2.54. The number of aromatic nitrogens is 3. The van der Waals surface area contributed by atoms with Crippen LogP contribution in [0.15, 0.2) is 34.5 Å². The molecule has 1 aliphatic heterocycles. The van der Waals surface area contributed by atoms with E-state index in [0.29, 0.717) is 38.1 Å². The van der Waals surface area contributed by atoms with E-state index in [1.54, 1.807) is 13.8 Å². The van der Waals surface area contributed by atoms with Gasteiger partial charge in [0.05, 0.1) is 24.5 Å². The third kappa shape index (κ3) is 6.21. The number of aliphatic hydroxyl groups is 1. The Hall–Kier alpha value is -2.65. The van der Waals surface area contributed by atoms with Crippen LogP contribution in [0, 0.1) is 6.92 Å². The number of azo groups is 1. The highest BCUT2D eigenvalue weighted by Gasteiger charge is 2.19. The van der Waals surface area contributed by atoms with Crippen molar-refractivity contribution in [3.63, 3.8) is 0 Å². The molecule has 0 radical (unpaired) electrons. The van der Waals surface area contributed by atoms with Crippen molar-refractivity contribution in [1.29, 1.82) is 0 Å². The second-order valence-corrected chi connectivity index (χ2v) is 7.27. The first-order valence-corrected chi connectivity index (χ1v) is 9.26. The maximum Gasteiger partial charge on any atom is 0.321 e. The number of aryl methyl sites for hydroxylation is 1. The molecular weight excluding hydrogens is 360 g/mol. The molecular formula is C19H26N6O3. The Morgan fingerprint density at radius 2 is 2.00 bits per heavy atom. The molecule has 9 nitrogen and oxygen atoms in total. The van der Waals surface area contributed by atoms with E-state index in [1.807, 2.05) is 36.1 Å². The Morgan fingerprint density at radius 1 is 1.21 bits per heavy atom. The molecule has 9 heteroatoms. The van der Waals surface area contributed by atoms with Crippen molar-refractivity contribution >= 4 is 11.6 Å². The molecule has 1 fully saturated rings. The molecule has 3 rings (SSSR count). The summed E-state index contributed by atoms with van der Waals surface area (Å²) in [6.45, 7) is 8.23. The highest BCUT2D eigenvalue weighted by atomic mass is 16.5. The van der Waals surface area contributed by atoms with Crippen molar-refractivity contribution in [2.75, 3.05) is 37.8 Å². The maximum atomic E-state index is 9.90. The zero-order chi connectivity index (χ0) is 20.0. The Morgan fingerprint density at radius 3 is 2.71 bits per heavy atom. The van der Waals surface area contributed by atoms with Crippen LogP contribution in [-0.2, 0) is 11.3 Å². The van der Waals surface area contributed by atoms with Crippen LogP contribution in [0.5, 0.6) is 6.01 Å². The summed E-state index contributed by atoms with van der Waals surface area (Å²) < 4.78 is 11.0. The molecule has 28 heavy (non-hydrogen) atoms. The first kappa shape index (κ1) is 20.1. The van der Waals surface area contributed by atoms with Gasteiger partial charge in [0.15, 0.2) is 5.82 Å². The lowest BCUT2D eigenvalue weighted by atomic mass is 10.2. The molecule has 1 N–H and O–H groups in total. The van der Waals surface area contributed by atoms with Crippen molar-refractivity contribution in [1.82, 2.24) is 15.0 Å². The van der Waals surface area contributed by atoms with Gasteiger partial charge in [-0.25, -0.2) is 0 Å². The van der Waals surface area contributed by atoms with Gasteiger partial charge in [-0.3, -0.25) is 0 Å². The summed E-state index contributed by atoms with van der Waals surface area (Å²) in [5.74, 6) is 0.975. The molecule has 1 aromatic carbocycles. The smallest absolute Gasteiger partial charge is 0.321 e. The molecule has 1 aromatic heterocycles. The van der Waals surface area contributed by atoms with Crippen LogP contribution in [0.4, 0.5) is 11.6 Å². The van der Waals surface area contributed by atoms with Gasteiger partial charge in [0.2, 0.25) is 5.95 Å². The molecule has 1 aliphatic rings. The molecule has 0 amide bonds. The first-order valence-electron chi connectivity index (χ1n) is 9.26. The van der Waals surface area contributed by atoms with E-state index in [0.717, 1.165) is 11.3 Å². The average molecular weight is 386 g/mol. The van der Waals surface area contributed by atoms with E-state index in [1.165, 1.54) is 0 Å². The largest absolute Gasteiger partial charge is 0.460 e. The van der Waals surface area contributed by atoms with Gasteiger partial charge in [-0.2, -0.15) is 25.2 Å². The van der Waals surface area contributed by atoms with Crippen LogP contribution in [-0.4, -0.2) is 58.6 Å². The van der Waals surface area contributed by atoms with Crippen molar-refractivity contribution in [2.45, 2.75) is 32.9 Å². The number of nitrogens with zero attached hydrogens (tertiary/aromatic N) is 6. The second-order valence-electron chi connectivity index (χ2n) is 7.27. The van der Waals surface area contributed by atoms with Gasteiger partial charge in [0.1, 0.15) is 13.2 Å². The van der Waals surface area contributed by atoms with E-state index in [4.69, 9.17) is 9.47 Å². The van der Waals surface area contributed by atoms with Crippen LogP contribution in [0.3, 0.4) is 0 Å². The molecule has 2 aromatic rings. The molecule has 0 unspecified atom stereocenters. The number of hydrogen-bond acceptors (Lipinski definition) is 9. The topological polar surface area (TPSA) is 105 Å². The van der Waals surface area contributed by atoms with Gasteiger partial charge < -0.3 is 19.5 Å². The van der Waals surface area contributed by atoms with E-state index in [2.05, 4.69) is 25.2 Å². The minimum absolute atomic E-state index is 0.0732. The molecule has 2 heterocycles.